The number of ketones is 1. The molecule has 0 radical (unpaired) electrons. The average molecular weight is 252 g/mol. The van der Waals surface area contributed by atoms with Crippen molar-refractivity contribution < 1.29 is 13.9 Å². The molecule has 1 aliphatic heterocycles. The molecule has 1 aliphatic rings. The van der Waals surface area contributed by atoms with Crippen LogP contribution in [0.2, 0.25) is 0 Å². The van der Waals surface area contributed by atoms with E-state index in [1.807, 2.05) is 0 Å². The van der Waals surface area contributed by atoms with Gasteiger partial charge in [0.15, 0.2) is 5.78 Å². The molecule has 1 aromatic rings. The standard InChI is InChI=1S/C13H17FN2O2/c14-11-4-3-9(6-12(11)15)13(17)8-16-7-10-2-1-5-18-10/h3-4,6,10,16H,1-2,5,7-8,15H2. The van der Waals surface area contributed by atoms with Crippen LogP contribution in [0.4, 0.5) is 10.1 Å². The van der Waals surface area contributed by atoms with Crippen LogP contribution < -0.4 is 11.1 Å². The fraction of sp³-hybridized carbons (Fsp3) is 0.462. The largest absolute Gasteiger partial charge is 0.396 e. The Morgan fingerprint density at radius 3 is 3.06 bits per heavy atom. The lowest BCUT2D eigenvalue weighted by atomic mass is 10.1. The van der Waals surface area contributed by atoms with Gasteiger partial charge < -0.3 is 15.8 Å². The van der Waals surface area contributed by atoms with Crippen molar-refractivity contribution in [3.8, 4) is 0 Å². The van der Waals surface area contributed by atoms with Crippen LogP contribution in [-0.2, 0) is 4.74 Å². The number of benzene rings is 1. The zero-order chi connectivity index (χ0) is 13.0. The maximum absolute atomic E-state index is 13.0. The SMILES string of the molecule is Nc1cc(C(=O)CNCC2CCCO2)ccc1F. The lowest BCUT2D eigenvalue weighted by Crippen LogP contribution is -2.30. The zero-order valence-electron chi connectivity index (χ0n) is 10.1. The minimum absolute atomic E-state index is 0.0000220. The van der Waals surface area contributed by atoms with Crippen molar-refractivity contribution >= 4 is 11.5 Å². The van der Waals surface area contributed by atoms with Crippen LogP contribution in [0, 0.1) is 5.82 Å². The lowest BCUT2D eigenvalue weighted by Gasteiger charge is -2.10. The molecule has 0 spiro atoms. The van der Waals surface area contributed by atoms with E-state index in [0.717, 1.165) is 19.4 Å². The van der Waals surface area contributed by atoms with Crippen LogP contribution in [0.15, 0.2) is 18.2 Å². The van der Waals surface area contributed by atoms with Gasteiger partial charge in [0.2, 0.25) is 0 Å². The molecule has 1 atom stereocenters. The van der Waals surface area contributed by atoms with Gasteiger partial charge in [0, 0.05) is 18.7 Å². The highest BCUT2D eigenvalue weighted by Crippen LogP contribution is 2.13. The molecule has 0 amide bonds. The van der Waals surface area contributed by atoms with E-state index in [-0.39, 0.29) is 24.1 Å². The Morgan fingerprint density at radius 2 is 2.39 bits per heavy atom. The molecule has 1 aromatic carbocycles. The summed E-state index contributed by atoms with van der Waals surface area (Å²) in [5, 5.41) is 3.05. The number of Topliss-reactive ketones (excluding diaryl/α,β-unsaturated/α-hetero) is 1. The molecular formula is C13H17FN2O2. The topological polar surface area (TPSA) is 64.4 Å². The average Bonchev–Trinajstić information content (AvgIpc) is 2.85. The molecule has 1 unspecified atom stereocenters. The van der Waals surface area contributed by atoms with E-state index >= 15 is 0 Å². The molecule has 0 aromatic heterocycles. The van der Waals surface area contributed by atoms with Gasteiger partial charge in [-0.1, -0.05) is 0 Å². The van der Waals surface area contributed by atoms with Crippen LogP contribution in [0.1, 0.15) is 23.2 Å². The Kier molecular flexibility index (Phi) is 4.28. The van der Waals surface area contributed by atoms with Gasteiger partial charge in [-0.05, 0) is 31.0 Å². The molecule has 0 aliphatic carbocycles. The van der Waals surface area contributed by atoms with E-state index < -0.39 is 5.82 Å². The van der Waals surface area contributed by atoms with Crippen molar-refractivity contribution in [1.82, 2.24) is 5.32 Å². The van der Waals surface area contributed by atoms with Crippen molar-refractivity contribution in [1.29, 1.82) is 0 Å². The summed E-state index contributed by atoms with van der Waals surface area (Å²) in [6, 6.07) is 4.02. The summed E-state index contributed by atoms with van der Waals surface area (Å²) in [5.74, 6) is -0.599. The molecule has 3 N–H and O–H groups in total. The normalized spacial score (nSPS) is 19.1. The quantitative estimate of drug-likeness (QED) is 0.613. The molecule has 1 saturated heterocycles. The van der Waals surface area contributed by atoms with Crippen molar-refractivity contribution in [2.24, 2.45) is 0 Å². The Bertz CT molecular complexity index is 431. The molecule has 2 rings (SSSR count). The third-order valence-corrected chi connectivity index (χ3v) is 3.00. The fourth-order valence-electron chi connectivity index (χ4n) is 1.97. The predicted molar refractivity (Wildman–Crippen MR) is 67.0 cm³/mol. The minimum Gasteiger partial charge on any atom is -0.396 e. The summed E-state index contributed by atoms with van der Waals surface area (Å²) in [7, 11) is 0. The van der Waals surface area contributed by atoms with Crippen LogP contribution in [0.25, 0.3) is 0 Å². The minimum atomic E-state index is -0.501. The van der Waals surface area contributed by atoms with Gasteiger partial charge in [-0.2, -0.15) is 0 Å². The van der Waals surface area contributed by atoms with E-state index in [1.54, 1.807) is 0 Å². The molecule has 5 heteroatoms. The van der Waals surface area contributed by atoms with E-state index in [4.69, 9.17) is 10.5 Å². The van der Waals surface area contributed by atoms with Gasteiger partial charge in [-0.15, -0.1) is 0 Å². The molecule has 1 fully saturated rings. The second kappa shape index (κ2) is 5.93. The first kappa shape index (κ1) is 13.0. The Labute approximate surface area is 105 Å². The van der Waals surface area contributed by atoms with Gasteiger partial charge >= 0.3 is 0 Å². The monoisotopic (exact) mass is 252 g/mol. The second-order valence-electron chi connectivity index (χ2n) is 4.43. The van der Waals surface area contributed by atoms with Crippen LogP contribution in [-0.4, -0.2) is 31.6 Å². The van der Waals surface area contributed by atoms with E-state index in [1.165, 1.54) is 18.2 Å². The van der Waals surface area contributed by atoms with Crippen molar-refractivity contribution in [3.63, 3.8) is 0 Å². The third-order valence-electron chi connectivity index (χ3n) is 3.00. The summed E-state index contributed by atoms with van der Waals surface area (Å²) in [6.45, 7) is 1.68. The number of hydrogen-bond donors (Lipinski definition) is 2. The highest BCUT2D eigenvalue weighted by atomic mass is 19.1. The molecule has 1 heterocycles. The highest BCUT2D eigenvalue weighted by molar-refractivity contribution is 5.98. The summed E-state index contributed by atoms with van der Waals surface area (Å²) in [5.41, 5.74) is 5.84. The summed E-state index contributed by atoms with van der Waals surface area (Å²) < 4.78 is 18.4. The maximum Gasteiger partial charge on any atom is 0.176 e. The first-order chi connectivity index (χ1) is 8.66. The first-order valence-corrected chi connectivity index (χ1v) is 6.07. The van der Waals surface area contributed by atoms with Gasteiger partial charge in [-0.25, -0.2) is 4.39 Å². The molecular weight excluding hydrogens is 235 g/mol. The van der Waals surface area contributed by atoms with Crippen LogP contribution in [0.5, 0.6) is 0 Å². The van der Waals surface area contributed by atoms with Crippen molar-refractivity contribution in [2.75, 3.05) is 25.4 Å². The predicted octanol–water partition coefficient (Wildman–Crippen LogP) is 1.36. The summed E-state index contributed by atoms with van der Waals surface area (Å²) in [4.78, 5) is 11.8. The molecule has 0 saturated carbocycles. The van der Waals surface area contributed by atoms with Crippen molar-refractivity contribution in [2.45, 2.75) is 18.9 Å². The van der Waals surface area contributed by atoms with Crippen LogP contribution in [0.3, 0.4) is 0 Å². The molecule has 4 nitrogen and oxygen atoms in total. The number of hydrogen-bond acceptors (Lipinski definition) is 4. The number of nitrogens with one attached hydrogen (secondary N) is 1. The number of nitrogen functional groups attached to an aromatic ring is 1. The Morgan fingerprint density at radius 1 is 1.56 bits per heavy atom. The molecule has 0 bridgehead atoms. The summed E-state index contributed by atoms with van der Waals surface area (Å²) >= 11 is 0. The van der Waals surface area contributed by atoms with Crippen LogP contribution >= 0.6 is 0 Å². The molecule has 98 valence electrons. The van der Waals surface area contributed by atoms with E-state index in [9.17, 15) is 9.18 Å². The van der Waals surface area contributed by atoms with Gasteiger partial charge in [0.25, 0.3) is 0 Å². The van der Waals surface area contributed by atoms with Gasteiger partial charge in [-0.3, -0.25) is 4.79 Å². The first-order valence-electron chi connectivity index (χ1n) is 6.07. The number of carbonyl (C=O) groups excluding carboxylic acids is 1. The lowest BCUT2D eigenvalue weighted by molar-refractivity contribution is 0.0955. The smallest absolute Gasteiger partial charge is 0.176 e. The number of nitrogens with two attached hydrogens (primary N) is 1. The number of rotatable bonds is 5. The fourth-order valence-corrected chi connectivity index (χ4v) is 1.97. The zero-order valence-corrected chi connectivity index (χ0v) is 10.1. The van der Waals surface area contributed by atoms with Gasteiger partial charge in [0.05, 0.1) is 18.3 Å². The Balaban J connectivity index is 1.81. The Hall–Kier alpha value is -1.46. The summed E-state index contributed by atoms with van der Waals surface area (Å²) in [6.07, 6.45) is 2.32. The second-order valence-corrected chi connectivity index (χ2v) is 4.43. The molecule has 18 heavy (non-hydrogen) atoms. The maximum atomic E-state index is 13.0. The number of carbonyl (C=O) groups is 1. The highest BCUT2D eigenvalue weighted by Gasteiger charge is 2.15. The van der Waals surface area contributed by atoms with E-state index in [2.05, 4.69) is 5.32 Å². The number of halogens is 1. The number of anilines is 1. The number of ether oxygens (including phenoxy) is 1. The van der Waals surface area contributed by atoms with Crippen molar-refractivity contribution in [3.05, 3.63) is 29.6 Å². The van der Waals surface area contributed by atoms with Gasteiger partial charge in [0.1, 0.15) is 5.82 Å². The third kappa shape index (κ3) is 3.27. The van der Waals surface area contributed by atoms with E-state index in [0.29, 0.717) is 12.1 Å².